The number of ether oxygens (including phenoxy) is 2. The number of nitrogens with zero attached hydrogens (tertiary/aromatic N) is 2. The lowest BCUT2D eigenvalue weighted by Crippen LogP contribution is -2.47. The van der Waals surface area contributed by atoms with Crippen molar-refractivity contribution >= 4 is 29.9 Å². The molecule has 3 atom stereocenters. The van der Waals surface area contributed by atoms with E-state index in [9.17, 15) is 5.11 Å². The molecule has 2 N–H and O–H groups in total. The summed E-state index contributed by atoms with van der Waals surface area (Å²) in [5, 5.41) is 13.4. The van der Waals surface area contributed by atoms with E-state index < -0.39 is 0 Å². The van der Waals surface area contributed by atoms with Crippen LogP contribution in [-0.4, -0.2) is 73.7 Å². The van der Waals surface area contributed by atoms with Crippen LogP contribution in [0, 0.1) is 5.92 Å². The van der Waals surface area contributed by atoms with Crippen molar-refractivity contribution < 1.29 is 14.6 Å². The Morgan fingerprint density at radius 2 is 1.96 bits per heavy atom. The van der Waals surface area contributed by atoms with Gasteiger partial charge >= 0.3 is 0 Å². The molecule has 2 aliphatic heterocycles. The topological polar surface area (TPSA) is 66.3 Å². The monoisotopic (exact) mass is 495 g/mol. The van der Waals surface area contributed by atoms with Crippen molar-refractivity contribution in [2.45, 2.75) is 76.6 Å². The molecule has 0 aromatic carbocycles. The van der Waals surface area contributed by atoms with E-state index in [4.69, 9.17) is 14.5 Å². The summed E-state index contributed by atoms with van der Waals surface area (Å²) >= 11 is 0. The van der Waals surface area contributed by atoms with Crippen molar-refractivity contribution in [3.63, 3.8) is 0 Å². The maximum atomic E-state index is 10.0. The third-order valence-corrected chi connectivity index (χ3v) is 5.96. The van der Waals surface area contributed by atoms with Crippen molar-refractivity contribution in [3.8, 4) is 0 Å². The zero-order valence-electron chi connectivity index (χ0n) is 16.8. The lowest BCUT2D eigenvalue weighted by molar-refractivity contribution is -0.0721. The largest absolute Gasteiger partial charge is 0.393 e. The van der Waals surface area contributed by atoms with Crippen LogP contribution in [0.2, 0.25) is 0 Å². The van der Waals surface area contributed by atoms with Gasteiger partial charge in [-0.15, -0.1) is 24.0 Å². The van der Waals surface area contributed by atoms with Gasteiger partial charge in [0.25, 0.3) is 0 Å². The number of halogens is 1. The smallest absolute Gasteiger partial charge is 0.193 e. The minimum atomic E-state index is -0.164. The molecule has 0 bridgehead atoms. The first-order chi connectivity index (χ1) is 12.8. The number of aliphatic imine (C=N–C) groups is 1. The lowest BCUT2D eigenvalue weighted by atomic mass is 10.1. The first kappa shape index (κ1) is 23.2. The van der Waals surface area contributed by atoms with Gasteiger partial charge < -0.3 is 24.8 Å². The van der Waals surface area contributed by atoms with E-state index in [1.54, 1.807) is 0 Å². The lowest BCUT2D eigenvalue weighted by Gasteiger charge is -2.35. The van der Waals surface area contributed by atoms with Gasteiger partial charge in [0.15, 0.2) is 5.96 Å². The van der Waals surface area contributed by atoms with Crippen LogP contribution in [0.25, 0.3) is 0 Å². The van der Waals surface area contributed by atoms with E-state index in [0.29, 0.717) is 18.1 Å². The predicted octanol–water partition coefficient (Wildman–Crippen LogP) is 2.78. The summed E-state index contributed by atoms with van der Waals surface area (Å²) in [6.07, 6.45) is 9.34. The normalized spacial score (nSPS) is 30.2. The number of rotatable bonds is 6. The molecule has 3 unspecified atom stereocenters. The molecule has 3 fully saturated rings. The summed E-state index contributed by atoms with van der Waals surface area (Å²) in [5.74, 6) is 1.33. The van der Waals surface area contributed by atoms with Gasteiger partial charge in [-0.25, -0.2) is 0 Å². The molecular formula is C20H38IN3O3. The van der Waals surface area contributed by atoms with E-state index in [2.05, 4.69) is 17.1 Å². The second-order valence-corrected chi connectivity index (χ2v) is 7.96. The second kappa shape index (κ2) is 12.4. The summed E-state index contributed by atoms with van der Waals surface area (Å²) in [4.78, 5) is 7.17. The van der Waals surface area contributed by atoms with E-state index in [0.717, 1.165) is 83.9 Å². The fraction of sp³-hybridized carbons (Fsp3) is 0.950. The van der Waals surface area contributed by atoms with Crippen LogP contribution < -0.4 is 5.32 Å². The number of hydrogen-bond acceptors (Lipinski definition) is 4. The van der Waals surface area contributed by atoms with E-state index in [1.165, 1.54) is 12.8 Å². The molecule has 1 aliphatic carbocycles. The van der Waals surface area contributed by atoms with E-state index >= 15 is 0 Å². The maximum Gasteiger partial charge on any atom is 0.193 e. The van der Waals surface area contributed by atoms with Crippen LogP contribution in [0.5, 0.6) is 0 Å². The standard InChI is InChI=1S/C20H37N3O3.HI/c1-2-21-20(22-14-16-6-5-8-19(16)24)23-11-9-17(10-12-23)26-15-18-7-3-4-13-25-18;/h16-19,24H,2-15H2,1H3,(H,21,22);1H. The molecule has 0 radical (unpaired) electrons. The Labute approximate surface area is 181 Å². The molecule has 0 aromatic rings. The Morgan fingerprint density at radius 3 is 2.59 bits per heavy atom. The molecule has 3 rings (SSSR count). The Hall–Kier alpha value is -0.120. The first-order valence-corrected chi connectivity index (χ1v) is 10.7. The SMILES string of the molecule is CCNC(=NCC1CCCC1O)N1CCC(OCC2CCCCO2)CC1.I. The minimum absolute atomic E-state index is 0. The van der Waals surface area contributed by atoms with Crippen molar-refractivity contribution in [1.29, 1.82) is 0 Å². The number of guanidine groups is 1. The van der Waals surface area contributed by atoms with Crippen LogP contribution in [0.15, 0.2) is 4.99 Å². The number of aliphatic hydroxyl groups excluding tert-OH is 1. The van der Waals surface area contributed by atoms with Gasteiger partial charge in [-0.2, -0.15) is 0 Å². The average Bonchev–Trinajstić information content (AvgIpc) is 3.10. The van der Waals surface area contributed by atoms with Crippen molar-refractivity contribution in [2.75, 3.05) is 39.4 Å². The molecule has 2 heterocycles. The average molecular weight is 495 g/mol. The molecule has 0 aromatic heterocycles. The van der Waals surface area contributed by atoms with Gasteiger partial charge in [-0.05, 0) is 51.9 Å². The molecule has 2 saturated heterocycles. The Morgan fingerprint density at radius 1 is 1.15 bits per heavy atom. The highest BCUT2D eigenvalue weighted by molar-refractivity contribution is 14.0. The van der Waals surface area contributed by atoms with Gasteiger partial charge in [-0.1, -0.05) is 6.42 Å². The van der Waals surface area contributed by atoms with Crippen LogP contribution in [0.4, 0.5) is 0 Å². The van der Waals surface area contributed by atoms with Crippen molar-refractivity contribution in [2.24, 2.45) is 10.9 Å². The summed E-state index contributed by atoms with van der Waals surface area (Å²) in [7, 11) is 0. The highest BCUT2D eigenvalue weighted by Crippen LogP contribution is 2.26. The summed E-state index contributed by atoms with van der Waals surface area (Å²) < 4.78 is 11.9. The Bertz CT molecular complexity index is 438. The van der Waals surface area contributed by atoms with E-state index in [1.807, 2.05) is 0 Å². The number of hydrogen-bond donors (Lipinski definition) is 2. The van der Waals surface area contributed by atoms with Gasteiger partial charge in [-0.3, -0.25) is 4.99 Å². The molecular weight excluding hydrogens is 457 g/mol. The molecule has 3 aliphatic rings. The first-order valence-electron chi connectivity index (χ1n) is 10.7. The molecule has 6 nitrogen and oxygen atoms in total. The van der Waals surface area contributed by atoms with Crippen LogP contribution in [0.1, 0.15) is 58.3 Å². The highest BCUT2D eigenvalue weighted by atomic mass is 127. The highest BCUT2D eigenvalue weighted by Gasteiger charge is 2.26. The third kappa shape index (κ3) is 7.33. The maximum absolute atomic E-state index is 10.0. The zero-order valence-corrected chi connectivity index (χ0v) is 19.1. The third-order valence-electron chi connectivity index (χ3n) is 5.96. The van der Waals surface area contributed by atoms with Crippen LogP contribution in [0.3, 0.4) is 0 Å². The van der Waals surface area contributed by atoms with E-state index in [-0.39, 0.29) is 30.1 Å². The molecule has 7 heteroatoms. The number of aliphatic hydroxyl groups is 1. The van der Waals surface area contributed by atoms with Gasteiger partial charge in [0.2, 0.25) is 0 Å². The minimum Gasteiger partial charge on any atom is -0.393 e. The van der Waals surface area contributed by atoms with Crippen molar-refractivity contribution in [3.05, 3.63) is 0 Å². The summed E-state index contributed by atoms with van der Waals surface area (Å²) in [6.45, 7) is 7.33. The van der Waals surface area contributed by atoms with Gasteiger partial charge in [0.1, 0.15) is 0 Å². The molecule has 27 heavy (non-hydrogen) atoms. The van der Waals surface area contributed by atoms with Gasteiger partial charge in [0.05, 0.1) is 24.9 Å². The molecule has 0 spiro atoms. The van der Waals surface area contributed by atoms with Crippen LogP contribution >= 0.6 is 24.0 Å². The van der Waals surface area contributed by atoms with Crippen molar-refractivity contribution in [1.82, 2.24) is 10.2 Å². The quantitative estimate of drug-likeness (QED) is 0.337. The number of likely N-dealkylation sites (tertiary alicyclic amines) is 1. The Balaban J connectivity index is 0.00000261. The number of nitrogens with one attached hydrogen (secondary N) is 1. The molecule has 1 saturated carbocycles. The Kier molecular flexibility index (Phi) is 10.7. The zero-order chi connectivity index (χ0) is 18.2. The molecule has 0 amide bonds. The van der Waals surface area contributed by atoms with Gasteiger partial charge in [0, 0.05) is 38.7 Å². The number of piperidine rings is 1. The second-order valence-electron chi connectivity index (χ2n) is 7.96. The fourth-order valence-corrected chi connectivity index (χ4v) is 4.28. The predicted molar refractivity (Wildman–Crippen MR) is 119 cm³/mol. The van der Waals surface area contributed by atoms with Crippen LogP contribution in [-0.2, 0) is 9.47 Å². The summed E-state index contributed by atoms with van der Waals surface area (Å²) in [5.41, 5.74) is 0. The molecule has 158 valence electrons. The fourth-order valence-electron chi connectivity index (χ4n) is 4.28. The summed E-state index contributed by atoms with van der Waals surface area (Å²) in [6, 6.07) is 0.